The molecule has 1 aliphatic heterocycles. The number of aryl methyl sites for hydroxylation is 1. The molecule has 0 spiro atoms. The van der Waals surface area contributed by atoms with Gasteiger partial charge in [0.2, 0.25) is 5.88 Å². The first kappa shape index (κ1) is 18.4. The number of fused-ring (bicyclic) bond motifs is 1. The zero-order valence-corrected chi connectivity index (χ0v) is 16.7. The molecule has 144 valence electrons. The van der Waals surface area contributed by atoms with Crippen LogP contribution in [0, 0.1) is 13.8 Å². The van der Waals surface area contributed by atoms with Crippen LogP contribution < -0.4 is 14.4 Å². The third-order valence-corrected chi connectivity index (χ3v) is 5.01. The van der Waals surface area contributed by atoms with Crippen molar-refractivity contribution < 1.29 is 9.47 Å². The first-order valence-electron chi connectivity index (χ1n) is 8.95. The number of hydrogen-bond acceptors (Lipinski definition) is 7. The highest BCUT2D eigenvalue weighted by molar-refractivity contribution is 6.30. The van der Waals surface area contributed by atoms with Crippen molar-refractivity contribution >= 4 is 17.4 Å². The van der Waals surface area contributed by atoms with Crippen molar-refractivity contribution in [2.75, 3.05) is 18.6 Å². The van der Waals surface area contributed by atoms with Gasteiger partial charge in [-0.15, -0.1) is 0 Å². The fourth-order valence-electron chi connectivity index (χ4n) is 3.21. The van der Waals surface area contributed by atoms with Crippen molar-refractivity contribution in [3.63, 3.8) is 0 Å². The molecule has 0 bridgehead atoms. The van der Waals surface area contributed by atoms with E-state index in [2.05, 4.69) is 24.8 Å². The second-order valence-electron chi connectivity index (χ2n) is 6.60. The summed E-state index contributed by atoms with van der Waals surface area (Å²) in [4.78, 5) is 19.8. The topological polar surface area (TPSA) is 73.3 Å². The lowest BCUT2D eigenvalue weighted by atomic mass is 10.1. The van der Waals surface area contributed by atoms with E-state index in [0.717, 1.165) is 35.6 Å². The molecule has 7 nitrogen and oxygen atoms in total. The normalized spacial score (nSPS) is 13.2. The highest BCUT2D eigenvalue weighted by Gasteiger charge is 2.22. The molecule has 3 aromatic rings. The van der Waals surface area contributed by atoms with Crippen molar-refractivity contribution in [1.82, 2.24) is 19.9 Å². The first-order valence-corrected chi connectivity index (χ1v) is 9.32. The van der Waals surface area contributed by atoms with Gasteiger partial charge in [-0.3, -0.25) is 4.98 Å². The Morgan fingerprint density at radius 1 is 1.07 bits per heavy atom. The highest BCUT2D eigenvalue weighted by atomic mass is 35.5. The molecule has 0 unspecified atom stereocenters. The molecule has 0 amide bonds. The van der Waals surface area contributed by atoms with Gasteiger partial charge < -0.3 is 14.4 Å². The van der Waals surface area contributed by atoms with E-state index < -0.39 is 0 Å². The van der Waals surface area contributed by atoms with Crippen molar-refractivity contribution in [3.05, 3.63) is 58.4 Å². The molecule has 0 radical (unpaired) electrons. The minimum Gasteiger partial charge on any atom is -0.481 e. The van der Waals surface area contributed by atoms with Gasteiger partial charge >= 0.3 is 0 Å². The zero-order chi connectivity index (χ0) is 19.7. The maximum absolute atomic E-state index is 6.25. The predicted octanol–water partition coefficient (Wildman–Crippen LogP) is 3.90. The maximum Gasteiger partial charge on any atom is 0.213 e. The molecule has 4 rings (SSSR count). The summed E-state index contributed by atoms with van der Waals surface area (Å²) in [5, 5.41) is 0.496. The molecule has 0 atom stereocenters. The summed E-state index contributed by atoms with van der Waals surface area (Å²) < 4.78 is 11.0. The van der Waals surface area contributed by atoms with Crippen LogP contribution in [0.1, 0.15) is 22.6 Å². The number of nitrogens with zero attached hydrogens (tertiary/aromatic N) is 5. The minimum absolute atomic E-state index is 0.496. The van der Waals surface area contributed by atoms with Crippen LogP contribution in [0.25, 0.3) is 0 Å². The first-order chi connectivity index (χ1) is 13.5. The van der Waals surface area contributed by atoms with E-state index in [1.165, 1.54) is 0 Å². The van der Waals surface area contributed by atoms with Crippen LogP contribution in [0.4, 0.5) is 5.82 Å². The van der Waals surface area contributed by atoms with Crippen LogP contribution in [0.15, 0.2) is 30.6 Å². The van der Waals surface area contributed by atoms with Crippen LogP contribution in [0.5, 0.6) is 17.4 Å². The van der Waals surface area contributed by atoms with Crippen LogP contribution >= 0.6 is 11.6 Å². The van der Waals surface area contributed by atoms with E-state index in [0.29, 0.717) is 34.9 Å². The zero-order valence-electron chi connectivity index (χ0n) is 15.9. The average Bonchev–Trinajstić information content (AvgIpc) is 2.70. The van der Waals surface area contributed by atoms with Gasteiger partial charge in [0.05, 0.1) is 19.5 Å². The van der Waals surface area contributed by atoms with E-state index in [9.17, 15) is 0 Å². The van der Waals surface area contributed by atoms with E-state index >= 15 is 0 Å². The Morgan fingerprint density at radius 3 is 2.64 bits per heavy atom. The molecule has 0 saturated heterocycles. The van der Waals surface area contributed by atoms with Gasteiger partial charge in [0, 0.05) is 36.8 Å². The molecule has 1 aliphatic rings. The van der Waals surface area contributed by atoms with Crippen molar-refractivity contribution in [2.45, 2.75) is 26.8 Å². The van der Waals surface area contributed by atoms with Crippen molar-refractivity contribution in [2.24, 2.45) is 0 Å². The SMILES string of the molecule is COc1ccc(Oc2cnc3c(c2)CN(c2nc(C)nc(Cl)c2C)CC3)cn1. The van der Waals surface area contributed by atoms with E-state index in [4.69, 9.17) is 21.1 Å². The summed E-state index contributed by atoms with van der Waals surface area (Å²) >= 11 is 6.25. The van der Waals surface area contributed by atoms with Gasteiger partial charge in [-0.05, 0) is 31.5 Å². The summed E-state index contributed by atoms with van der Waals surface area (Å²) in [6.07, 6.45) is 4.20. The third-order valence-electron chi connectivity index (χ3n) is 4.64. The summed E-state index contributed by atoms with van der Waals surface area (Å²) in [6, 6.07) is 5.59. The van der Waals surface area contributed by atoms with Crippen LogP contribution in [-0.2, 0) is 13.0 Å². The van der Waals surface area contributed by atoms with E-state index in [-0.39, 0.29) is 0 Å². The lowest BCUT2D eigenvalue weighted by Crippen LogP contribution is -2.32. The molecule has 0 N–H and O–H groups in total. The summed E-state index contributed by atoms with van der Waals surface area (Å²) in [7, 11) is 1.58. The molecule has 0 fully saturated rings. The standard InChI is InChI=1S/C20H20ClN5O2/c1-12-19(21)24-13(2)25-20(12)26-7-6-17-14(11-26)8-16(10-22-17)28-15-4-5-18(27-3)23-9-15/h4-5,8-10H,6-7,11H2,1-3H3. The van der Waals surface area contributed by atoms with Crippen LogP contribution in [0.2, 0.25) is 5.15 Å². The van der Waals surface area contributed by atoms with Crippen LogP contribution in [0.3, 0.4) is 0 Å². The number of pyridine rings is 2. The van der Waals surface area contributed by atoms with Crippen molar-refractivity contribution in [3.8, 4) is 17.4 Å². The summed E-state index contributed by atoms with van der Waals surface area (Å²) in [6.45, 7) is 5.31. The van der Waals surface area contributed by atoms with Crippen molar-refractivity contribution in [1.29, 1.82) is 0 Å². The number of hydrogen-bond donors (Lipinski definition) is 0. The molecular weight excluding hydrogens is 378 g/mol. The molecule has 0 aliphatic carbocycles. The Balaban J connectivity index is 1.57. The number of anilines is 1. The summed E-state index contributed by atoms with van der Waals surface area (Å²) in [5.74, 6) is 3.37. The maximum atomic E-state index is 6.25. The predicted molar refractivity (Wildman–Crippen MR) is 106 cm³/mol. The molecule has 0 aromatic carbocycles. The minimum atomic E-state index is 0.496. The highest BCUT2D eigenvalue weighted by Crippen LogP contribution is 2.30. The molecule has 8 heteroatoms. The van der Waals surface area contributed by atoms with E-state index in [1.807, 2.05) is 26.0 Å². The quantitative estimate of drug-likeness (QED) is 0.618. The Hall–Kier alpha value is -2.93. The lowest BCUT2D eigenvalue weighted by molar-refractivity contribution is 0.394. The molecule has 28 heavy (non-hydrogen) atoms. The molecule has 4 heterocycles. The number of methoxy groups -OCH3 is 1. The van der Waals surface area contributed by atoms with Gasteiger partial charge in [-0.1, -0.05) is 11.6 Å². The Bertz CT molecular complexity index is 1010. The fraction of sp³-hybridized carbons (Fsp3) is 0.300. The van der Waals surface area contributed by atoms with Gasteiger partial charge in [0.15, 0.2) is 0 Å². The molecule has 3 aromatic heterocycles. The second kappa shape index (κ2) is 7.59. The van der Waals surface area contributed by atoms with Gasteiger partial charge in [0.25, 0.3) is 0 Å². The fourth-order valence-corrected chi connectivity index (χ4v) is 3.42. The Morgan fingerprint density at radius 2 is 1.89 bits per heavy atom. The number of halogens is 1. The Kier molecular flexibility index (Phi) is 5.00. The molecule has 0 saturated carbocycles. The van der Waals surface area contributed by atoms with E-state index in [1.54, 1.807) is 25.6 Å². The van der Waals surface area contributed by atoms with Gasteiger partial charge in [-0.2, -0.15) is 0 Å². The second-order valence-corrected chi connectivity index (χ2v) is 6.95. The third kappa shape index (κ3) is 3.71. The van der Waals surface area contributed by atoms with Crippen LogP contribution in [-0.4, -0.2) is 33.6 Å². The summed E-state index contributed by atoms with van der Waals surface area (Å²) in [5.41, 5.74) is 3.07. The largest absolute Gasteiger partial charge is 0.481 e. The van der Waals surface area contributed by atoms with Gasteiger partial charge in [0.1, 0.15) is 28.3 Å². The van der Waals surface area contributed by atoms with Gasteiger partial charge in [-0.25, -0.2) is 15.0 Å². The number of rotatable bonds is 4. The Labute approximate surface area is 168 Å². The monoisotopic (exact) mass is 397 g/mol. The smallest absolute Gasteiger partial charge is 0.213 e. The average molecular weight is 398 g/mol. The number of ether oxygens (including phenoxy) is 2. The lowest BCUT2D eigenvalue weighted by Gasteiger charge is -2.30. The molecular formula is C20H20ClN5O2. The number of aromatic nitrogens is 4.